The summed E-state index contributed by atoms with van der Waals surface area (Å²) in [5, 5.41) is 11.7. The van der Waals surface area contributed by atoms with Crippen molar-refractivity contribution in [3.63, 3.8) is 0 Å². The number of hydrogen-bond donors (Lipinski definition) is 1. The fourth-order valence-corrected chi connectivity index (χ4v) is 7.53. The molecule has 0 unspecified atom stereocenters. The van der Waals surface area contributed by atoms with Crippen LogP contribution >= 0.6 is 0 Å². The van der Waals surface area contributed by atoms with E-state index in [1.165, 1.54) is 0 Å². The van der Waals surface area contributed by atoms with Crippen molar-refractivity contribution >= 4 is 23.4 Å². The van der Waals surface area contributed by atoms with Crippen LogP contribution < -0.4 is 10.2 Å². The van der Waals surface area contributed by atoms with Gasteiger partial charge in [-0.15, -0.1) is 10.2 Å². The number of aromatic nitrogens is 3. The zero-order valence-electron chi connectivity index (χ0n) is 21.1. The topological polar surface area (TPSA) is 104 Å². The Morgan fingerprint density at radius 1 is 0.973 bits per heavy atom. The maximum absolute atomic E-state index is 14.4. The molecule has 1 spiro atoms. The van der Waals surface area contributed by atoms with Gasteiger partial charge in [0.15, 0.2) is 0 Å². The van der Waals surface area contributed by atoms with Crippen LogP contribution in [0.4, 0.5) is 5.69 Å². The fourth-order valence-electron chi connectivity index (χ4n) is 7.53. The van der Waals surface area contributed by atoms with Crippen LogP contribution in [0.25, 0.3) is 0 Å². The van der Waals surface area contributed by atoms with Gasteiger partial charge < -0.3 is 19.7 Å². The molecule has 37 heavy (non-hydrogen) atoms. The van der Waals surface area contributed by atoms with Crippen LogP contribution in [0.2, 0.25) is 0 Å². The van der Waals surface area contributed by atoms with Crippen molar-refractivity contribution in [3.05, 3.63) is 41.5 Å². The number of para-hydroxylation sites is 1. The van der Waals surface area contributed by atoms with Crippen molar-refractivity contribution in [2.24, 2.45) is 5.92 Å². The van der Waals surface area contributed by atoms with E-state index in [1.54, 1.807) is 4.90 Å². The number of carbonyl (C=O) groups is 3. The summed E-state index contributed by atoms with van der Waals surface area (Å²) in [6.45, 7) is 3.32. The Balaban J connectivity index is 1.26. The molecule has 6 heterocycles. The molecule has 3 amide bonds. The SMILES string of the molecule is O=C1NCCCN(C(=O)c2nnc3n2CCCC3)CCN2C(=O)[C@@]3(c4ccccc42)[C@H]1C[C@@H]1CCCN13. The van der Waals surface area contributed by atoms with E-state index in [2.05, 4.69) is 20.4 Å². The third kappa shape index (κ3) is 3.24. The third-order valence-electron chi connectivity index (χ3n) is 9.17. The largest absolute Gasteiger partial charge is 0.356 e. The van der Waals surface area contributed by atoms with Crippen LogP contribution in [0.5, 0.6) is 0 Å². The number of carbonyl (C=O) groups excluding carboxylic acids is 3. The molecule has 0 aliphatic carbocycles. The number of nitrogens with one attached hydrogen (secondary N) is 1. The van der Waals surface area contributed by atoms with Crippen LogP contribution in [0.1, 0.15) is 60.5 Å². The van der Waals surface area contributed by atoms with Crippen LogP contribution in [-0.4, -0.2) is 81.1 Å². The number of nitrogens with zero attached hydrogens (tertiary/aromatic N) is 6. The summed E-state index contributed by atoms with van der Waals surface area (Å²) in [6.07, 6.45) is 6.33. The van der Waals surface area contributed by atoms with E-state index in [9.17, 15) is 14.4 Å². The molecule has 5 aliphatic rings. The highest BCUT2D eigenvalue weighted by Crippen LogP contribution is 2.57. The second-order valence-electron chi connectivity index (χ2n) is 11.0. The van der Waals surface area contributed by atoms with Crippen LogP contribution in [0.15, 0.2) is 24.3 Å². The van der Waals surface area contributed by atoms with Gasteiger partial charge in [0, 0.05) is 56.4 Å². The van der Waals surface area contributed by atoms with Gasteiger partial charge in [-0.2, -0.15) is 0 Å². The van der Waals surface area contributed by atoms with Gasteiger partial charge in [-0.1, -0.05) is 18.2 Å². The van der Waals surface area contributed by atoms with Gasteiger partial charge in [0.2, 0.25) is 11.7 Å². The number of rotatable bonds is 1. The van der Waals surface area contributed by atoms with Gasteiger partial charge in [0.1, 0.15) is 11.4 Å². The lowest BCUT2D eigenvalue weighted by Gasteiger charge is -2.37. The molecule has 3 atom stereocenters. The molecule has 10 nitrogen and oxygen atoms in total. The minimum absolute atomic E-state index is 0.0221. The smallest absolute Gasteiger partial charge is 0.291 e. The molecule has 0 radical (unpaired) electrons. The molecule has 2 aromatic rings. The second kappa shape index (κ2) is 8.65. The van der Waals surface area contributed by atoms with E-state index in [-0.39, 0.29) is 23.8 Å². The first-order valence-electron chi connectivity index (χ1n) is 13.8. The van der Waals surface area contributed by atoms with Crippen molar-refractivity contribution in [2.45, 2.75) is 63.1 Å². The number of fused-ring (bicyclic) bond motifs is 5. The molecule has 0 saturated carbocycles. The minimum Gasteiger partial charge on any atom is -0.356 e. The van der Waals surface area contributed by atoms with Gasteiger partial charge in [0.25, 0.3) is 11.8 Å². The van der Waals surface area contributed by atoms with Crippen molar-refractivity contribution in [1.29, 1.82) is 0 Å². The van der Waals surface area contributed by atoms with E-state index < -0.39 is 11.5 Å². The Morgan fingerprint density at radius 3 is 2.78 bits per heavy atom. The first-order valence-corrected chi connectivity index (χ1v) is 13.8. The normalized spacial score (nSPS) is 29.6. The van der Waals surface area contributed by atoms with Crippen LogP contribution in [-0.2, 0) is 28.1 Å². The fraction of sp³-hybridized carbons (Fsp3) is 0.593. The maximum Gasteiger partial charge on any atom is 0.291 e. The molecule has 5 aliphatic heterocycles. The van der Waals surface area contributed by atoms with E-state index in [0.29, 0.717) is 44.8 Å². The van der Waals surface area contributed by atoms with Crippen molar-refractivity contribution < 1.29 is 14.4 Å². The Hall–Kier alpha value is -3.27. The summed E-state index contributed by atoms with van der Waals surface area (Å²) in [5.74, 6) is 0.615. The molecule has 1 N–H and O–H groups in total. The second-order valence-corrected chi connectivity index (χ2v) is 11.0. The van der Waals surface area contributed by atoms with Crippen molar-refractivity contribution in [1.82, 2.24) is 29.9 Å². The number of anilines is 1. The molecule has 1 aromatic heterocycles. The van der Waals surface area contributed by atoms with Crippen molar-refractivity contribution in [3.8, 4) is 0 Å². The summed E-state index contributed by atoms with van der Waals surface area (Å²) in [7, 11) is 0. The number of benzene rings is 1. The van der Waals surface area contributed by atoms with Gasteiger partial charge in [-0.05, 0) is 51.1 Å². The molecule has 2 bridgehead atoms. The highest BCUT2D eigenvalue weighted by Gasteiger charge is 2.67. The van der Waals surface area contributed by atoms with Gasteiger partial charge >= 0.3 is 0 Å². The lowest BCUT2D eigenvalue weighted by Crippen LogP contribution is -2.57. The molecular weight excluding hydrogens is 470 g/mol. The number of aryl methyl sites for hydroxylation is 1. The molecule has 1 aromatic carbocycles. The van der Waals surface area contributed by atoms with Crippen LogP contribution in [0, 0.1) is 5.92 Å². The molecule has 7 rings (SSSR count). The first-order chi connectivity index (χ1) is 18.1. The predicted molar refractivity (Wildman–Crippen MR) is 135 cm³/mol. The summed E-state index contributed by atoms with van der Waals surface area (Å²) in [6, 6.07) is 8.18. The van der Waals surface area contributed by atoms with E-state index in [1.807, 2.05) is 33.7 Å². The zero-order chi connectivity index (χ0) is 25.1. The summed E-state index contributed by atoms with van der Waals surface area (Å²) < 4.78 is 1.95. The number of amides is 3. The highest BCUT2D eigenvalue weighted by molar-refractivity contribution is 6.11. The summed E-state index contributed by atoms with van der Waals surface area (Å²) >= 11 is 0. The summed E-state index contributed by atoms with van der Waals surface area (Å²) in [4.78, 5) is 47.7. The predicted octanol–water partition coefficient (Wildman–Crippen LogP) is 1.30. The van der Waals surface area contributed by atoms with E-state index >= 15 is 0 Å². The molecule has 10 heteroatoms. The van der Waals surface area contributed by atoms with Gasteiger partial charge in [-0.3, -0.25) is 19.3 Å². The lowest BCUT2D eigenvalue weighted by molar-refractivity contribution is -0.139. The molecular formula is C27H33N7O3. The minimum atomic E-state index is -0.956. The summed E-state index contributed by atoms with van der Waals surface area (Å²) in [5.41, 5.74) is 0.847. The van der Waals surface area contributed by atoms with Crippen molar-refractivity contribution in [2.75, 3.05) is 37.6 Å². The Bertz CT molecular complexity index is 1270. The monoisotopic (exact) mass is 503 g/mol. The average Bonchev–Trinajstić information content (AvgIpc) is 3.67. The average molecular weight is 504 g/mol. The Morgan fingerprint density at radius 2 is 1.86 bits per heavy atom. The number of hydrogen-bond acceptors (Lipinski definition) is 6. The molecule has 194 valence electrons. The highest BCUT2D eigenvalue weighted by atomic mass is 16.2. The lowest BCUT2D eigenvalue weighted by atomic mass is 9.78. The standard InChI is InChI=1S/C27H33N7O3/c35-24-20-17-18-7-5-14-34(18)27(20)19-8-1-2-9-21(19)32(26(27)37)16-15-31(12-6-11-28-24)25(36)23-30-29-22-10-3-4-13-33(22)23/h1-2,8-9,18,20H,3-7,10-17H2,(H,28,35)/t18-,20-,27+/m0/s1. The van der Waals surface area contributed by atoms with Gasteiger partial charge in [-0.25, -0.2) is 0 Å². The first kappa shape index (κ1) is 22.9. The zero-order valence-corrected chi connectivity index (χ0v) is 21.1. The van der Waals surface area contributed by atoms with Gasteiger partial charge in [0.05, 0.1) is 5.92 Å². The third-order valence-corrected chi connectivity index (χ3v) is 9.17. The Labute approximate surface area is 216 Å². The van der Waals surface area contributed by atoms with E-state index in [0.717, 1.165) is 62.3 Å². The van der Waals surface area contributed by atoms with E-state index in [4.69, 9.17) is 0 Å². The quantitative estimate of drug-likeness (QED) is 0.629. The van der Waals surface area contributed by atoms with Crippen LogP contribution in [0.3, 0.4) is 0 Å². The Kier molecular flexibility index (Phi) is 5.35. The molecule has 3 fully saturated rings. The molecule has 3 saturated heterocycles. The maximum atomic E-state index is 14.4.